The molecule has 2 fully saturated rings. The molecule has 2 N–H and O–H groups in total. The van der Waals surface area contributed by atoms with E-state index in [1.54, 1.807) is 7.05 Å². The zero-order valence-electron chi connectivity index (χ0n) is 13.5. The summed E-state index contributed by atoms with van der Waals surface area (Å²) in [4.78, 5) is 27.8. The Balaban J connectivity index is 0.00000242. The Bertz CT molecular complexity index is 353. The Kier molecular flexibility index (Phi) is 8.75. The molecule has 0 aromatic rings. The van der Waals surface area contributed by atoms with Crippen LogP contribution in [0.5, 0.6) is 0 Å². The van der Waals surface area contributed by atoms with E-state index in [0.29, 0.717) is 18.8 Å². The quantitative estimate of drug-likeness (QED) is 0.748. The first-order valence-electron chi connectivity index (χ1n) is 8.10. The maximum Gasteiger partial charge on any atom is 0.223 e. The number of halogens is 1. The molecular formula is C15H29ClN4O2. The maximum atomic E-state index is 12.1. The third-order valence-electron chi connectivity index (χ3n) is 4.57. The van der Waals surface area contributed by atoms with Gasteiger partial charge in [0.25, 0.3) is 0 Å². The molecule has 2 aliphatic rings. The van der Waals surface area contributed by atoms with Gasteiger partial charge in [-0.15, -0.1) is 12.4 Å². The summed E-state index contributed by atoms with van der Waals surface area (Å²) in [5, 5.41) is 5.96. The molecule has 0 spiro atoms. The van der Waals surface area contributed by atoms with Crippen LogP contribution < -0.4 is 10.6 Å². The lowest BCUT2D eigenvalue weighted by Crippen LogP contribution is -2.47. The van der Waals surface area contributed by atoms with Crippen molar-refractivity contribution < 1.29 is 9.59 Å². The van der Waals surface area contributed by atoms with Crippen molar-refractivity contribution in [1.29, 1.82) is 0 Å². The van der Waals surface area contributed by atoms with Crippen LogP contribution in [-0.2, 0) is 9.59 Å². The Labute approximate surface area is 139 Å². The molecule has 0 radical (unpaired) electrons. The molecule has 0 atom stereocenters. The second-order valence-corrected chi connectivity index (χ2v) is 6.04. The monoisotopic (exact) mass is 332 g/mol. The number of likely N-dealkylation sites (tertiary alicyclic amines) is 1. The number of amides is 2. The van der Waals surface area contributed by atoms with E-state index < -0.39 is 0 Å². The number of carbonyl (C=O) groups excluding carboxylic acids is 2. The molecule has 7 heteroatoms. The first-order valence-corrected chi connectivity index (χ1v) is 8.10. The summed E-state index contributed by atoms with van der Waals surface area (Å²) in [5.74, 6) is 0.927. The molecule has 0 aliphatic carbocycles. The van der Waals surface area contributed by atoms with E-state index in [1.807, 2.05) is 4.90 Å². The summed E-state index contributed by atoms with van der Waals surface area (Å²) in [7, 11) is 1.69. The summed E-state index contributed by atoms with van der Waals surface area (Å²) in [6.45, 7) is 6.38. The minimum Gasteiger partial charge on any atom is -0.359 e. The molecular weight excluding hydrogens is 304 g/mol. The fourth-order valence-electron chi connectivity index (χ4n) is 3.10. The standard InChI is InChI=1S/C15H28N4O2.ClH/c1-16-14(20)12-13-2-7-18(8-3-13)9-4-15(21)19-10-5-17-6-11-19;/h13,17H,2-12H2,1H3,(H,16,20);1H. The number of hydrogen-bond donors (Lipinski definition) is 2. The summed E-state index contributed by atoms with van der Waals surface area (Å²) in [5.41, 5.74) is 0. The first-order chi connectivity index (χ1) is 10.2. The van der Waals surface area contributed by atoms with Crippen molar-refractivity contribution in [3.8, 4) is 0 Å². The highest BCUT2D eigenvalue weighted by Gasteiger charge is 2.22. The Hall–Kier alpha value is -0.850. The second-order valence-electron chi connectivity index (χ2n) is 6.04. The molecule has 0 saturated carbocycles. The zero-order chi connectivity index (χ0) is 15.1. The van der Waals surface area contributed by atoms with E-state index in [-0.39, 0.29) is 24.2 Å². The third-order valence-corrected chi connectivity index (χ3v) is 4.57. The van der Waals surface area contributed by atoms with Gasteiger partial charge in [-0.05, 0) is 31.8 Å². The van der Waals surface area contributed by atoms with Gasteiger partial charge in [0.05, 0.1) is 0 Å². The van der Waals surface area contributed by atoms with Crippen molar-refractivity contribution >= 4 is 24.2 Å². The smallest absolute Gasteiger partial charge is 0.223 e. The summed E-state index contributed by atoms with van der Waals surface area (Å²) in [6.07, 6.45) is 3.40. The lowest BCUT2D eigenvalue weighted by Gasteiger charge is -2.32. The molecule has 6 nitrogen and oxygen atoms in total. The topological polar surface area (TPSA) is 64.7 Å². The number of nitrogens with zero attached hydrogens (tertiary/aromatic N) is 2. The zero-order valence-corrected chi connectivity index (χ0v) is 14.3. The van der Waals surface area contributed by atoms with Gasteiger partial charge in [-0.2, -0.15) is 0 Å². The highest BCUT2D eigenvalue weighted by Crippen LogP contribution is 2.20. The second kappa shape index (κ2) is 10.0. The van der Waals surface area contributed by atoms with E-state index >= 15 is 0 Å². The highest BCUT2D eigenvalue weighted by molar-refractivity contribution is 5.85. The van der Waals surface area contributed by atoms with Gasteiger partial charge in [-0.25, -0.2) is 0 Å². The van der Waals surface area contributed by atoms with Crippen LogP contribution >= 0.6 is 12.4 Å². The highest BCUT2D eigenvalue weighted by atomic mass is 35.5. The Morgan fingerprint density at radius 2 is 1.77 bits per heavy atom. The van der Waals surface area contributed by atoms with Crippen molar-refractivity contribution in [1.82, 2.24) is 20.4 Å². The average Bonchev–Trinajstić information content (AvgIpc) is 2.54. The first kappa shape index (κ1) is 19.2. The molecule has 0 unspecified atom stereocenters. The number of piperidine rings is 1. The fraction of sp³-hybridized carbons (Fsp3) is 0.867. The van der Waals surface area contributed by atoms with Crippen LogP contribution in [0.3, 0.4) is 0 Å². The summed E-state index contributed by atoms with van der Waals surface area (Å²) >= 11 is 0. The van der Waals surface area contributed by atoms with E-state index in [9.17, 15) is 9.59 Å². The van der Waals surface area contributed by atoms with Gasteiger partial charge in [-0.1, -0.05) is 0 Å². The molecule has 2 saturated heterocycles. The normalized spacial score (nSPS) is 20.3. The predicted octanol–water partition coefficient (Wildman–Crippen LogP) is 0.0782. The lowest BCUT2D eigenvalue weighted by molar-refractivity contribution is -0.132. The van der Waals surface area contributed by atoms with Crippen molar-refractivity contribution in [2.75, 3.05) is 52.9 Å². The lowest BCUT2D eigenvalue weighted by atomic mass is 9.93. The molecule has 128 valence electrons. The van der Waals surface area contributed by atoms with Crippen LogP contribution in [-0.4, -0.2) is 74.5 Å². The van der Waals surface area contributed by atoms with Crippen LogP contribution in [0.2, 0.25) is 0 Å². The van der Waals surface area contributed by atoms with Gasteiger partial charge < -0.3 is 20.4 Å². The molecule has 2 aliphatic heterocycles. The summed E-state index contributed by atoms with van der Waals surface area (Å²) < 4.78 is 0. The van der Waals surface area contributed by atoms with E-state index in [0.717, 1.165) is 58.7 Å². The van der Waals surface area contributed by atoms with Gasteiger partial charge in [-0.3, -0.25) is 9.59 Å². The van der Waals surface area contributed by atoms with E-state index in [1.165, 1.54) is 0 Å². The van der Waals surface area contributed by atoms with Crippen LogP contribution in [0.4, 0.5) is 0 Å². The maximum absolute atomic E-state index is 12.1. The minimum absolute atomic E-state index is 0. The molecule has 2 amide bonds. The number of rotatable bonds is 5. The van der Waals surface area contributed by atoms with Crippen LogP contribution in [0, 0.1) is 5.92 Å². The molecule has 0 aromatic carbocycles. The third kappa shape index (κ3) is 6.10. The number of hydrogen-bond acceptors (Lipinski definition) is 4. The number of piperazine rings is 1. The fourth-order valence-corrected chi connectivity index (χ4v) is 3.10. The van der Waals surface area contributed by atoms with Gasteiger partial charge in [0.2, 0.25) is 11.8 Å². The Morgan fingerprint density at radius 1 is 1.14 bits per heavy atom. The van der Waals surface area contributed by atoms with Gasteiger partial charge in [0, 0.05) is 52.6 Å². The molecule has 0 aromatic heterocycles. The van der Waals surface area contributed by atoms with E-state index in [2.05, 4.69) is 15.5 Å². The van der Waals surface area contributed by atoms with Crippen LogP contribution in [0.1, 0.15) is 25.7 Å². The molecule has 0 bridgehead atoms. The van der Waals surface area contributed by atoms with Gasteiger partial charge >= 0.3 is 0 Å². The summed E-state index contributed by atoms with van der Waals surface area (Å²) in [6, 6.07) is 0. The molecule has 22 heavy (non-hydrogen) atoms. The molecule has 2 heterocycles. The van der Waals surface area contributed by atoms with Crippen molar-refractivity contribution in [2.45, 2.75) is 25.7 Å². The van der Waals surface area contributed by atoms with Crippen LogP contribution in [0.15, 0.2) is 0 Å². The SMILES string of the molecule is CNC(=O)CC1CCN(CCC(=O)N2CCNCC2)CC1.Cl. The predicted molar refractivity (Wildman–Crippen MR) is 89.2 cm³/mol. The molecule has 2 rings (SSSR count). The van der Waals surface area contributed by atoms with Crippen molar-refractivity contribution in [3.05, 3.63) is 0 Å². The van der Waals surface area contributed by atoms with E-state index in [4.69, 9.17) is 0 Å². The average molecular weight is 333 g/mol. The van der Waals surface area contributed by atoms with Gasteiger partial charge in [0.15, 0.2) is 0 Å². The van der Waals surface area contributed by atoms with Gasteiger partial charge in [0.1, 0.15) is 0 Å². The Morgan fingerprint density at radius 3 is 2.36 bits per heavy atom. The van der Waals surface area contributed by atoms with Crippen LogP contribution in [0.25, 0.3) is 0 Å². The number of nitrogens with one attached hydrogen (secondary N) is 2. The largest absolute Gasteiger partial charge is 0.359 e. The minimum atomic E-state index is 0. The van der Waals surface area contributed by atoms with Crippen molar-refractivity contribution in [3.63, 3.8) is 0 Å². The number of carbonyl (C=O) groups is 2. The van der Waals surface area contributed by atoms with Crippen molar-refractivity contribution in [2.24, 2.45) is 5.92 Å².